The van der Waals surface area contributed by atoms with Gasteiger partial charge >= 0.3 is 0 Å². The van der Waals surface area contributed by atoms with Gasteiger partial charge in [-0.15, -0.1) is 0 Å². The van der Waals surface area contributed by atoms with Crippen molar-refractivity contribution in [1.82, 2.24) is 4.90 Å². The molecule has 1 saturated heterocycles. The molecule has 18 heavy (non-hydrogen) atoms. The molecule has 1 aromatic rings. The third kappa shape index (κ3) is 2.63. The van der Waals surface area contributed by atoms with Gasteiger partial charge in [0.2, 0.25) is 0 Å². The summed E-state index contributed by atoms with van der Waals surface area (Å²) in [5.41, 5.74) is 1.49. The molecule has 1 aromatic carbocycles. The second kappa shape index (κ2) is 5.07. The fourth-order valence-electron chi connectivity index (χ4n) is 2.04. The molecule has 1 aliphatic heterocycles. The Morgan fingerprint density at radius 1 is 1.44 bits per heavy atom. The van der Waals surface area contributed by atoms with E-state index < -0.39 is 5.72 Å². The van der Waals surface area contributed by atoms with Gasteiger partial charge in [0.25, 0.3) is 0 Å². The molecule has 0 amide bonds. The Hall–Kier alpha value is -0.780. The van der Waals surface area contributed by atoms with E-state index in [1.165, 1.54) is 17.3 Å². The molecule has 0 aromatic heterocycles. The Bertz CT molecular complexity index is 460. The number of hydrogen-bond acceptors (Lipinski definition) is 4. The maximum Gasteiger partial charge on any atom is 0.145 e. The van der Waals surface area contributed by atoms with Crippen molar-refractivity contribution in [3.8, 4) is 0 Å². The zero-order chi connectivity index (χ0) is 13.3. The van der Waals surface area contributed by atoms with Crippen molar-refractivity contribution >= 4 is 34.0 Å². The number of aliphatic hydroxyl groups is 1. The first kappa shape index (κ1) is 13.6. The van der Waals surface area contributed by atoms with Crippen molar-refractivity contribution in [2.45, 2.75) is 19.2 Å². The Labute approximate surface area is 118 Å². The van der Waals surface area contributed by atoms with E-state index in [1.807, 2.05) is 38.1 Å². The normalized spacial score (nSPS) is 23.6. The molecule has 5 heteroatoms. The lowest BCUT2D eigenvalue weighted by Gasteiger charge is -2.31. The summed E-state index contributed by atoms with van der Waals surface area (Å²) in [5, 5.41) is 10.3. The highest BCUT2D eigenvalue weighted by Crippen LogP contribution is 2.33. The molecule has 1 unspecified atom stereocenters. The first-order valence-electron chi connectivity index (χ1n) is 5.84. The molecule has 1 aliphatic rings. The minimum atomic E-state index is -0.846. The summed E-state index contributed by atoms with van der Waals surface area (Å²) < 4.78 is 0.772. The van der Waals surface area contributed by atoms with E-state index >= 15 is 0 Å². The standard InChI is InChI=1S/C13H18N2OS2/c1-13(16)9-18-12(17)15(13)8-10-6-4-5-7-11(10)14(2)3/h4-7,16H,8-9H2,1-3H3. The Balaban J connectivity index is 2.26. The predicted molar refractivity (Wildman–Crippen MR) is 82.0 cm³/mol. The lowest BCUT2D eigenvalue weighted by atomic mass is 10.1. The van der Waals surface area contributed by atoms with E-state index in [2.05, 4.69) is 17.0 Å². The van der Waals surface area contributed by atoms with E-state index in [4.69, 9.17) is 12.2 Å². The van der Waals surface area contributed by atoms with Crippen molar-refractivity contribution in [2.75, 3.05) is 24.7 Å². The molecule has 0 radical (unpaired) electrons. The van der Waals surface area contributed by atoms with Gasteiger partial charge in [-0.25, -0.2) is 0 Å². The zero-order valence-corrected chi connectivity index (χ0v) is 12.5. The first-order chi connectivity index (χ1) is 8.42. The van der Waals surface area contributed by atoms with Gasteiger partial charge in [0, 0.05) is 32.1 Å². The van der Waals surface area contributed by atoms with Gasteiger partial charge in [-0.2, -0.15) is 0 Å². The Kier molecular flexibility index (Phi) is 3.84. The largest absolute Gasteiger partial charge is 0.377 e. The Morgan fingerprint density at radius 2 is 2.11 bits per heavy atom. The molecular weight excluding hydrogens is 264 g/mol. The summed E-state index contributed by atoms with van der Waals surface area (Å²) >= 11 is 6.85. The van der Waals surface area contributed by atoms with Crippen molar-refractivity contribution in [3.63, 3.8) is 0 Å². The maximum absolute atomic E-state index is 10.3. The minimum absolute atomic E-state index is 0.635. The molecule has 3 nitrogen and oxygen atoms in total. The van der Waals surface area contributed by atoms with E-state index in [-0.39, 0.29) is 0 Å². The molecule has 0 saturated carbocycles. The van der Waals surface area contributed by atoms with Crippen LogP contribution in [0.4, 0.5) is 5.69 Å². The number of anilines is 1. The van der Waals surface area contributed by atoms with E-state index in [0.717, 1.165) is 10.0 Å². The third-order valence-corrected chi connectivity index (χ3v) is 4.81. The third-order valence-electron chi connectivity index (χ3n) is 3.07. The van der Waals surface area contributed by atoms with Crippen LogP contribution < -0.4 is 4.90 Å². The quantitative estimate of drug-likeness (QED) is 0.859. The molecule has 2 rings (SSSR count). The summed E-state index contributed by atoms with van der Waals surface area (Å²) in [6, 6.07) is 8.20. The summed E-state index contributed by atoms with van der Waals surface area (Å²) in [6.07, 6.45) is 0. The molecular formula is C13H18N2OS2. The molecule has 0 bridgehead atoms. The number of hydrogen-bond donors (Lipinski definition) is 1. The van der Waals surface area contributed by atoms with Crippen LogP contribution in [0.15, 0.2) is 24.3 Å². The fourth-order valence-corrected chi connectivity index (χ4v) is 3.44. The molecule has 0 aliphatic carbocycles. The maximum atomic E-state index is 10.3. The highest BCUT2D eigenvalue weighted by atomic mass is 32.2. The number of rotatable bonds is 3. The van der Waals surface area contributed by atoms with Crippen molar-refractivity contribution in [3.05, 3.63) is 29.8 Å². The van der Waals surface area contributed by atoms with Crippen LogP contribution in [-0.4, -0.2) is 39.9 Å². The highest BCUT2D eigenvalue weighted by molar-refractivity contribution is 8.23. The highest BCUT2D eigenvalue weighted by Gasteiger charge is 2.38. The lowest BCUT2D eigenvalue weighted by molar-refractivity contribution is -0.0270. The smallest absolute Gasteiger partial charge is 0.145 e. The van der Waals surface area contributed by atoms with Gasteiger partial charge in [-0.3, -0.25) is 0 Å². The number of benzene rings is 1. The zero-order valence-electron chi connectivity index (χ0n) is 10.9. The van der Waals surface area contributed by atoms with Gasteiger partial charge in [-0.1, -0.05) is 42.2 Å². The number of thiocarbonyl (C=S) groups is 1. The summed E-state index contributed by atoms with van der Waals surface area (Å²) in [5.74, 6) is 0.635. The minimum Gasteiger partial charge on any atom is -0.377 e. The summed E-state index contributed by atoms with van der Waals surface area (Å²) in [4.78, 5) is 3.98. The average molecular weight is 282 g/mol. The molecule has 1 atom stereocenters. The SMILES string of the molecule is CN(C)c1ccccc1CN1C(=S)SCC1(C)O. The number of para-hydroxylation sites is 1. The lowest BCUT2D eigenvalue weighted by Crippen LogP contribution is -2.43. The second-order valence-corrected chi connectivity index (χ2v) is 6.49. The number of nitrogens with zero attached hydrogens (tertiary/aromatic N) is 2. The second-order valence-electron chi connectivity index (χ2n) is 4.88. The molecule has 0 spiro atoms. The Morgan fingerprint density at radius 3 is 2.67 bits per heavy atom. The van der Waals surface area contributed by atoms with Crippen LogP contribution in [-0.2, 0) is 6.54 Å². The molecule has 98 valence electrons. The fraction of sp³-hybridized carbons (Fsp3) is 0.462. The average Bonchev–Trinajstić information content (AvgIpc) is 2.56. The van der Waals surface area contributed by atoms with E-state index in [0.29, 0.717) is 12.3 Å². The van der Waals surface area contributed by atoms with Crippen molar-refractivity contribution < 1.29 is 5.11 Å². The van der Waals surface area contributed by atoms with Crippen LogP contribution in [0.5, 0.6) is 0 Å². The predicted octanol–water partition coefficient (Wildman–Crippen LogP) is 2.29. The van der Waals surface area contributed by atoms with Gasteiger partial charge in [-0.05, 0) is 18.6 Å². The van der Waals surface area contributed by atoms with Gasteiger partial charge in [0.1, 0.15) is 10.0 Å². The van der Waals surface area contributed by atoms with Gasteiger partial charge < -0.3 is 14.9 Å². The van der Waals surface area contributed by atoms with Gasteiger partial charge in [0.15, 0.2) is 0 Å². The molecule has 1 fully saturated rings. The van der Waals surface area contributed by atoms with Crippen molar-refractivity contribution in [2.24, 2.45) is 0 Å². The van der Waals surface area contributed by atoms with Crippen LogP contribution in [0.1, 0.15) is 12.5 Å². The van der Waals surface area contributed by atoms with Crippen LogP contribution >= 0.6 is 24.0 Å². The molecule has 1 N–H and O–H groups in total. The first-order valence-corrected chi connectivity index (χ1v) is 7.23. The van der Waals surface area contributed by atoms with Crippen LogP contribution in [0.3, 0.4) is 0 Å². The number of thioether (sulfide) groups is 1. The van der Waals surface area contributed by atoms with Crippen LogP contribution in [0.25, 0.3) is 0 Å². The van der Waals surface area contributed by atoms with E-state index in [9.17, 15) is 5.11 Å². The summed E-state index contributed by atoms with van der Waals surface area (Å²) in [6.45, 7) is 2.46. The van der Waals surface area contributed by atoms with Crippen LogP contribution in [0, 0.1) is 0 Å². The van der Waals surface area contributed by atoms with Crippen LogP contribution in [0.2, 0.25) is 0 Å². The van der Waals surface area contributed by atoms with Gasteiger partial charge in [0.05, 0.1) is 0 Å². The topological polar surface area (TPSA) is 26.7 Å². The molecule has 1 heterocycles. The summed E-state index contributed by atoms with van der Waals surface area (Å²) in [7, 11) is 4.04. The van der Waals surface area contributed by atoms with Crippen molar-refractivity contribution in [1.29, 1.82) is 0 Å². The van der Waals surface area contributed by atoms with E-state index in [1.54, 1.807) is 0 Å². The monoisotopic (exact) mass is 282 g/mol.